The number of hydrogen-bond donors (Lipinski definition) is 1. The van der Waals surface area contributed by atoms with Crippen LogP contribution in [0, 0.1) is 5.92 Å². The molecule has 1 unspecified atom stereocenters. The predicted octanol–water partition coefficient (Wildman–Crippen LogP) is 6.95. The lowest BCUT2D eigenvalue weighted by Crippen LogP contribution is -2.18. The zero-order valence-electron chi connectivity index (χ0n) is 24.7. The molecule has 0 saturated heterocycles. The summed E-state index contributed by atoms with van der Waals surface area (Å²) in [5.74, 6) is 1.52. The molecule has 1 N–H and O–H groups in total. The van der Waals surface area contributed by atoms with Crippen LogP contribution in [0.15, 0.2) is 42.5 Å². The van der Waals surface area contributed by atoms with E-state index in [1.807, 2.05) is 33.0 Å². The number of anilines is 1. The van der Waals surface area contributed by atoms with Crippen LogP contribution in [0.3, 0.4) is 0 Å². The minimum Gasteiger partial charge on any atom is -0.494 e. The van der Waals surface area contributed by atoms with Gasteiger partial charge in [-0.25, -0.2) is 0 Å². The van der Waals surface area contributed by atoms with Crippen molar-refractivity contribution in [3.63, 3.8) is 0 Å². The molecule has 1 heterocycles. The Hall–Kier alpha value is -3.32. The number of hydrogen-bond acceptors (Lipinski definition) is 6. The summed E-state index contributed by atoms with van der Waals surface area (Å²) < 4.78 is 12.8. The normalized spacial score (nSPS) is 17.1. The first-order valence-electron chi connectivity index (χ1n) is 14.7. The van der Waals surface area contributed by atoms with Gasteiger partial charge in [-0.2, -0.15) is 0 Å². The van der Waals surface area contributed by atoms with Crippen LogP contribution in [-0.4, -0.2) is 62.1 Å². The van der Waals surface area contributed by atoms with Gasteiger partial charge in [-0.1, -0.05) is 12.1 Å². The van der Waals surface area contributed by atoms with E-state index in [0.29, 0.717) is 25.0 Å². The van der Waals surface area contributed by atoms with Gasteiger partial charge in [0.25, 0.3) is 6.47 Å². The molecule has 1 atom stereocenters. The zero-order valence-corrected chi connectivity index (χ0v) is 24.7. The van der Waals surface area contributed by atoms with Gasteiger partial charge in [0.2, 0.25) is 0 Å². The monoisotopic (exact) mass is 547 g/mol. The summed E-state index contributed by atoms with van der Waals surface area (Å²) in [5, 5.41) is 4.15. The number of benzene rings is 2. The molecule has 40 heavy (non-hydrogen) atoms. The lowest BCUT2D eigenvalue weighted by molar-refractivity contribution is -0.133. The van der Waals surface area contributed by atoms with Gasteiger partial charge >= 0.3 is 0 Å². The van der Waals surface area contributed by atoms with Gasteiger partial charge in [0.1, 0.15) is 11.9 Å². The van der Waals surface area contributed by atoms with Gasteiger partial charge in [-0.15, -0.1) is 0 Å². The van der Waals surface area contributed by atoms with Crippen LogP contribution < -0.4 is 10.1 Å². The second-order valence-electron chi connectivity index (χ2n) is 11.2. The van der Waals surface area contributed by atoms with E-state index in [4.69, 9.17) is 4.74 Å². The zero-order chi connectivity index (χ0) is 28.6. The number of fused-ring (bicyclic) bond motifs is 1. The van der Waals surface area contributed by atoms with Crippen molar-refractivity contribution in [3.8, 4) is 17.0 Å². The van der Waals surface area contributed by atoms with Crippen LogP contribution >= 0.6 is 0 Å². The van der Waals surface area contributed by atoms with Gasteiger partial charge < -0.3 is 24.3 Å². The molecule has 2 aromatic carbocycles. The van der Waals surface area contributed by atoms with Crippen LogP contribution in [0.25, 0.3) is 22.2 Å². The fourth-order valence-corrected chi connectivity index (χ4v) is 5.16. The Morgan fingerprint density at radius 1 is 1.02 bits per heavy atom. The largest absolute Gasteiger partial charge is 0.494 e. The lowest BCUT2D eigenvalue weighted by atomic mass is 9.92. The van der Waals surface area contributed by atoms with Crippen LogP contribution in [0.1, 0.15) is 75.2 Å². The van der Waals surface area contributed by atoms with Crippen molar-refractivity contribution in [2.45, 2.75) is 77.0 Å². The third-order valence-corrected chi connectivity index (χ3v) is 8.16. The second kappa shape index (κ2) is 13.8. The van der Waals surface area contributed by atoms with Crippen molar-refractivity contribution in [3.05, 3.63) is 48.0 Å². The molecule has 0 radical (unpaired) electrons. The molecular weight excluding hydrogens is 502 g/mol. The molecule has 0 amide bonds. The number of carbonyl (C=O) groups excluding carboxylic acids is 2. The molecule has 0 spiro atoms. The quantitative estimate of drug-likeness (QED) is 0.277. The fraction of sp³-hybridized carbons (Fsp3) is 0.515. The first-order chi connectivity index (χ1) is 19.4. The summed E-state index contributed by atoms with van der Waals surface area (Å²) in [6, 6.07) is 15.7. The molecule has 3 saturated carbocycles. The number of aldehydes is 1. The lowest BCUT2D eigenvalue weighted by Gasteiger charge is -2.30. The Kier molecular flexibility index (Phi) is 10.3. The first kappa shape index (κ1) is 29.7. The summed E-state index contributed by atoms with van der Waals surface area (Å²) in [5.41, 5.74) is 5.03. The van der Waals surface area contributed by atoms with E-state index in [-0.39, 0.29) is 6.10 Å². The molecule has 7 heteroatoms. The van der Waals surface area contributed by atoms with Crippen molar-refractivity contribution < 1.29 is 19.1 Å². The minimum absolute atomic E-state index is 0.160. The highest BCUT2D eigenvalue weighted by molar-refractivity contribution is 6.05. The number of carbonyl (C=O) groups is 2. The Labute approximate surface area is 238 Å². The van der Waals surface area contributed by atoms with Gasteiger partial charge in [-0.05, 0) is 109 Å². The topological polar surface area (TPSA) is 72.8 Å². The number of nitrogens with one attached hydrogen (secondary N) is 1. The molecule has 0 bridgehead atoms. The Balaban J connectivity index is 0.000000215. The second-order valence-corrected chi connectivity index (χ2v) is 11.2. The van der Waals surface area contributed by atoms with Crippen molar-refractivity contribution in [1.29, 1.82) is 0 Å². The van der Waals surface area contributed by atoms with Crippen molar-refractivity contribution in [2.75, 3.05) is 33.1 Å². The highest BCUT2D eigenvalue weighted by Gasteiger charge is 2.29. The minimum atomic E-state index is 0.160. The molecule has 7 nitrogen and oxygen atoms in total. The maximum absolute atomic E-state index is 12.0. The van der Waals surface area contributed by atoms with Gasteiger partial charge in [0, 0.05) is 41.8 Å². The van der Waals surface area contributed by atoms with Crippen LogP contribution in [0.2, 0.25) is 0 Å². The van der Waals surface area contributed by atoms with E-state index in [9.17, 15) is 9.59 Å². The van der Waals surface area contributed by atoms with Gasteiger partial charge in [0.05, 0.1) is 17.8 Å². The third kappa shape index (κ3) is 7.25. The van der Waals surface area contributed by atoms with E-state index in [0.717, 1.165) is 64.3 Å². The van der Waals surface area contributed by atoms with E-state index < -0.39 is 0 Å². The molecule has 3 aliphatic carbocycles. The van der Waals surface area contributed by atoms with Crippen molar-refractivity contribution in [2.24, 2.45) is 5.92 Å². The number of nitrogens with zero attached hydrogens (tertiary/aromatic N) is 2. The highest BCUT2D eigenvalue weighted by atomic mass is 16.5. The molecule has 1 aromatic heterocycles. The Morgan fingerprint density at radius 2 is 1.73 bits per heavy atom. The standard InChI is InChI=1S/C22H24N2O2.C6H10O2.C5H11N/c1-3-26-18-11-12-19-20(14-25)22(15-7-9-16(23-2)10-8-15)24(21(19)13-18)17-5-4-6-17;1-5(8-4-7)6-2-3-6;1-6(2)5-3-4-5/h7-14,17,23H,3-6H2,1-2H3;4-6H,2-3H2,1H3;5H,3-4H2,1-2H3. The van der Waals surface area contributed by atoms with Crippen LogP contribution in [0.5, 0.6) is 5.75 Å². The summed E-state index contributed by atoms with van der Waals surface area (Å²) >= 11 is 0. The smallest absolute Gasteiger partial charge is 0.293 e. The van der Waals surface area contributed by atoms with Gasteiger partial charge in [0.15, 0.2) is 6.29 Å². The maximum atomic E-state index is 12.0. The molecular formula is C33H45N3O4. The predicted molar refractivity (Wildman–Crippen MR) is 162 cm³/mol. The van der Waals surface area contributed by atoms with E-state index in [2.05, 4.69) is 63.9 Å². The van der Waals surface area contributed by atoms with Crippen molar-refractivity contribution in [1.82, 2.24) is 9.47 Å². The average Bonchev–Trinajstić information content (AvgIpc) is 3.85. The van der Waals surface area contributed by atoms with E-state index in [1.165, 1.54) is 32.1 Å². The Morgan fingerprint density at radius 3 is 2.17 bits per heavy atom. The molecule has 216 valence electrons. The van der Waals surface area contributed by atoms with E-state index in [1.54, 1.807) is 0 Å². The first-order valence-corrected chi connectivity index (χ1v) is 14.7. The molecule has 0 aliphatic heterocycles. The van der Waals surface area contributed by atoms with E-state index >= 15 is 0 Å². The summed E-state index contributed by atoms with van der Waals surface area (Å²) in [7, 11) is 6.18. The molecule has 3 aliphatic rings. The fourth-order valence-electron chi connectivity index (χ4n) is 5.16. The summed E-state index contributed by atoms with van der Waals surface area (Å²) in [4.78, 5) is 24.0. The summed E-state index contributed by atoms with van der Waals surface area (Å²) in [6.07, 6.45) is 10.0. The molecule has 3 fully saturated rings. The number of ether oxygens (including phenoxy) is 2. The van der Waals surface area contributed by atoms with Crippen LogP contribution in [0.4, 0.5) is 5.69 Å². The summed E-state index contributed by atoms with van der Waals surface area (Å²) in [6.45, 7) is 5.09. The molecule has 6 rings (SSSR count). The average molecular weight is 548 g/mol. The van der Waals surface area contributed by atoms with Crippen molar-refractivity contribution >= 4 is 29.3 Å². The SMILES string of the molecule is CC(OC=O)C1CC1.CCOc1ccc2c(C=O)c(-c3ccc(NC)cc3)n(C3CCC3)c2c1.CN(C)C1CC1. The maximum Gasteiger partial charge on any atom is 0.293 e. The molecule has 3 aromatic rings. The third-order valence-electron chi connectivity index (χ3n) is 8.16. The Bertz CT molecular complexity index is 1250. The number of aromatic nitrogens is 1. The number of rotatable bonds is 10. The van der Waals surface area contributed by atoms with Crippen LogP contribution in [-0.2, 0) is 9.53 Å². The van der Waals surface area contributed by atoms with Gasteiger partial charge in [-0.3, -0.25) is 9.59 Å². The highest BCUT2D eigenvalue weighted by Crippen LogP contribution is 2.43.